The Labute approximate surface area is 125 Å². The maximum atomic E-state index is 13.9. The summed E-state index contributed by atoms with van der Waals surface area (Å²) in [6.07, 6.45) is 8.31. The van der Waals surface area contributed by atoms with Crippen LogP contribution in [0.15, 0.2) is 18.2 Å². The van der Waals surface area contributed by atoms with Gasteiger partial charge in [0.05, 0.1) is 5.56 Å². The van der Waals surface area contributed by atoms with E-state index in [0.29, 0.717) is 17.6 Å². The second-order valence-corrected chi connectivity index (χ2v) is 6.35. The van der Waals surface area contributed by atoms with E-state index in [2.05, 4.69) is 0 Å². The lowest BCUT2D eigenvalue weighted by molar-refractivity contribution is 0.0657. The predicted molar refractivity (Wildman–Crippen MR) is 81.4 cm³/mol. The molecule has 3 rings (SSSR count). The number of carbonyl (C=O) groups excluding carboxylic acids is 1. The van der Waals surface area contributed by atoms with Crippen LogP contribution in [0.1, 0.15) is 55.3 Å². The van der Waals surface area contributed by atoms with Crippen molar-refractivity contribution in [3.63, 3.8) is 0 Å². The third-order valence-corrected chi connectivity index (χ3v) is 4.97. The van der Waals surface area contributed by atoms with Crippen LogP contribution in [0.25, 0.3) is 0 Å². The predicted octanol–water partition coefficient (Wildman–Crippen LogP) is 3.59. The van der Waals surface area contributed by atoms with Crippen LogP contribution in [0.5, 0.6) is 0 Å². The van der Waals surface area contributed by atoms with Crippen LogP contribution in [-0.2, 0) is 0 Å². The molecular weight excluding hydrogens is 267 g/mol. The van der Waals surface area contributed by atoms with Crippen LogP contribution in [0.3, 0.4) is 0 Å². The summed E-state index contributed by atoms with van der Waals surface area (Å²) in [5.41, 5.74) is 6.27. The van der Waals surface area contributed by atoms with Crippen molar-refractivity contribution in [2.24, 2.45) is 5.92 Å². The van der Waals surface area contributed by atoms with Crippen LogP contribution < -0.4 is 5.73 Å². The number of nitrogen functional groups attached to an aromatic ring is 1. The smallest absolute Gasteiger partial charge is 0.257 e. The molecule has 1 atom stereocenters. The first-order chi connectivity index (χ1) is 10.2. The van der Waals surface area contributed by atoms with E-state index in [1.165, 1.54) is 50.3 Å². The molecule has 1 saturated heterocycles. The number of halogens is 1. The second kappa shape index (κ2) is 6.04. The van der Waals surface area contributed by atoms with E-state index in [1.54, 1.807) is 0 Å². The van der Waals surface area contributed by atoms with Crippen LogP contribution in [0.2, 0.25) is 0 Å². The Hall–Kier alpha value is -1.58. The van der Waals surface area contributed by atoms with Gasteiger partial charge >= 0.3 is 0 Å². The highest BCUT2D eigenvalue weighted by molar-refractivity contribution is 5.95. The molecule has 4 heteroatoms. The number of anilines is 1. The van der Waals surface area contributed by atoms with E-state index >= 15 is 0 Å². The molecule has 1 unspecified atom stereocenters. The van der Waals surface area contributed by atoms with Gasteiger partial charge in [-0.25, -0.2) is 4.39 Å². The molecule has 3 nitrogen and oxygen atoms in total. The fourth-order valence-electron chi connectivity index (χ4n) is 3.92. The summed E-state index contributed by atoms with van der Waals surface area (Å²) < 4.78 is 13.9. The van der Waals surface area contributed by atoms with E-state index in [4.69, 9.17) is 5.73 Å². The van der Waals surface area contributed by atoms with Gasteiger partial charge < -0.3 is 10.6 Å². The van der Waals surface area contributed by atoms with Gasteiger partial charge in [-0.15, -0.1) is 0 Å². The summed E-state index contributed by atoms with van der Waals surface area (Å²) in [6, 6.07) is 4.54. The maximum absolute atomic E-state index is 13.9. The zero-order chi connectivity index (χ0) is 14.8. The topological polar surface area (TPSA) is 46.3 Å². The number of nitrogens with zero attached hydrogens (tertiary/aromatic N) is 1. The summed E-state index contributed by atoms with van der Waals surface area (Å²) in [6.45, 7) is 0.744. The lowest BCUT2D eigenvalue weighted by Gasteiger charge is -2.34. The minimum atomic E-state index is -0.469. The van der Waals surface area contributed by atoms with Gasteiger partial charge in [-0.3, -0.25) is 4.79 Å². The Morgan fingerprint density at radius 3 is 2.67 bits per heavy atom. The average molecular weight is 290 g/mol. The molecule has 2 fully saturated rings. The van der Waals surface area contributed by atoms with Crippen molar-refractivity contribution in [1.29, 1.82) is 0 Å². The zero-order valence-corrected chi connectivity index (χ0v) is 12.4. The standard InChI is InChI=1S/C17H23FN2O/c18-15-9-8-13(19)11-14(15)17(21)20-10-4-7-16(20)12-5-2-1-3-6-12/h8-9,11-12,16H,1-7,10,19H2. The first kappa shape index (κ1) is 14.4. The molecule has 1 aromatic carbocycles. The highest BCUT2D eigenvalue weighted by atomic mass is 19.1. The van der Waals surface area contributed by atoms with Gasteiger partial charge in [-0.2, -0.15) is 0 Å². The second-order valence-electron chi connectivity index (χ2n) is 6.35. The number of hydrogen-bond acceptors (Lipinski definition) is 2. The van der Waals surface area contributed by atoms with E-state index < -0.39 is 5.82 Å². The van der Waals surface area contributed by atoms with Crippen molar-refractivity contribution >= 4 is 11.6 Å². The van der Waals surface area contributed by atoms with E-state index in [-0.39, 0.29) is 11.5 Å². The molecule has 1 amide bonds. The lowest BCUT2D eigenvalue weighted by Crippen LogP contribution is -2.41. The number of rotatable bonds is 2. The summed E-state index contributed by atoms with van der Waals surface area (Å²) in [4.78, 5) is 14.6. The van der Waals surface area contributed by atoms with Crippen molar-refractivity contribution in [1.82, 2.24) is 4.90 Å². The fourth-order valence-corrected chi connectivity index (χ4v) is 3.92. The van der Waals surface area contributed by atoms with Crippen molar-refractivity contribution in [3.05, 3.63) is 29.6 Å². The molecule has 0 bridgehead atoms. The van der Waals surface area contributed by atoms with Crippen molar-refractivity contribution in [2.75, 3.05) is 12.3 Å². The average Bonchev–Trinajstić information content (AvgIpc) is 2.99. The van der Waals surface area contributed by atoms with Crippen LogP contribution in [-0.4, -0.2) is 23.4 Å². The van der Waals surface area contributed by atoms with Crippen LogP contribution in [0.4, 0.5) is 10.1 Å². The molecule has 0 spiro atoms. The Morgan fingerprint density at radius 1 is 1.14 bits per heavy atom. The molecule has 2 aliphatic rings. The number of likely N-dealkylation sites (tertiary alicyclic amines) is 1. The van der Waals surface area contributed by atoms with Crippen molar-refractivity contribution in [3.8, 4) is 0 Å². The molecular formula is C17H23FN2O. The van der Waals surface area contributed by atoms with Crippen molar-refractivity contribution in [2.45, 2.75) is 51.0 Å². The third kappa shape index (κ3) is 2.89. The normalized spacial score (nSPS) is 23.5. The van der Waals surface area contributed by atoms with Crippen LogP contribution in [0, 0.1) is 11.7 Å². The highest BCUT2D eigenvalue weighted by Gasteiger charge is 2.36. The summed E-state index contributed by atoms with van der Waals surface area (Å²) in [5, 5.41) is 0. The van der Waals surface area contributed by atoms with E-state index in [1.807, 2.05) is 4.90 Å². The van der Waals surface area contributed by atoms with Gasteiger partial charge in [0.2, 0.25) is 0 Å². The fraction of sp³-hybridized carbons (Fsp3) is 0.588. The molecule has 0 radical (unpaired) electrons. The Bertz CT molecular complexity index is 526. The van der Waals surface area contributed by atoms with Crippen molar-refractivity contribution < 1.29 is 9.18 Å². The lowest BCUT2D eigenvalue weighted by atomic mass is 9.83. The number of hydrogen-bond donors (Lipinski definition) is 1. The summed E-state index contributed by atoms with van der Waals surface area (Å²) >= 11 is 0. The van der Waals surface area contributed by atoms with Gasteiger partial charge in [-0.1, -0.05) is 19.3 Å². The Kier molecular flexibility index (Phi) is 4.13. The monoisotopic (exact) mass is 290 g/mol. The molecule has 114 valence electrons. The minimum Gasteiger partial charge on any atom is -0.399 e. The highest BCUT2D eigenvalue weighted by Crippen LogP contribution is 2.35. The van der Waals surface area contributed by atoms with Crippen LogP contribution >= 0.6 is 0 Å². The van der Waals surface area contributed by atoms with Gasteiger partial charge in [0, 0.05) is 18.3 Å². The molecule has 1 saturated carbocycles. The molecule has 1 aliphatic heterocycles. The number of benzene rings is 1. The largest absolute Gasteiger partial charge is 0.399 e. The first-order valence-corrected chi connectivity index (χ1v) is 8.03. The van der Waals surface area contributed by atoms with Gasteiger partial charge in [0.25, 0.3) is 5.91 Å². The molecule has 1 aromatic rings. The van der Waals surface area contributed by atoms with Gasteiger partial charge in [0.1, 0.15) is 5.82 Å². The Morgan fingerprint density at radius 2 is 1.90 bits per heavy atom. The minimum absolute atomic E-state index is 0.123. The molecule has 1 aliphatic carbocycles. The number of nitrogens with two attached hydrogens (primary N) is 1. The molecule has 2 N–H and O–H groups in total. The number of amides is 1. The van der Waals surface area contributed by atoms with Gasteiger partial charge in [-0.05, 0) is 49.8 Å². The SMILES string of the molecule is Nc1ccc(F)c(C(=O)N2CCCC2C2CCCCC2)c1. The third-order valence-electron chi connectivity index (χ3n) is 4.97. The Balaban J connectivity index is 1.80. The molecule has 0 aromatic heterocycles. The van der Waals surface area contributed by atoms with E-state index in [9.17, 15) is 9.18 Å². The summed E-state index contributed by atoms with van der Waals surface area (Å²) in [5.74, 6) is -0.0642. The zero-order valence-electron chi connectivity index (χ0n) is 12.4. The quantitative estimate of drug-likeness (QED) is 0.846. The molecule has 21 heavy (non-hydrogen) atoms. The molecule has 1 heterocycles. The first-order valence-electron chi connectivity index (χ1n) is 8.03. The summed E-state index contributed by atoms with van der Waals surface area (Å²) in [7, 11) is 0. The number of carbonyl (C=O) groups is 1. The van der Waals surface area contributed by atoms with E-state index in [0.717, 1.165) is 19.4 Å². The van der Waals surface area contributed by atoms with Gasteiger partial charge in [0.15, 0.2) is 0 Å². The maximum Gasteiger partial charge on any atom is 0.257 e.